The number of halogens is 1. The van der Waals surface area contributed by atoms with Gasteiger partial charge in [-0.3, -0.25) is 0 Å². The Bertz CT molecular complexity index is 428. The van der Waals surface area contributed by atoms with Crippen LogP contribution >= 0.6 is 0 Å². The Balaban J connectivity index is 2.55. The highest BCUT2D eigenvalue weighted by molar-refractivity contribution is 5.45. The van der Waals surface area contributed by atoms with E-state index >= 15 is 0 Å². The van der Waals surface area contributed by atoms with E-state index in [4.69, 9.17) is 4.74 Å². The Morgan fingerprint density at radius 2 is 2.29 bits per heavy atom. The maximum absolute atomic E-state index is 13.0. The van der Waals surface area contributed by atoms with Gasteiger partial charge in [-0.25, -0.2) is 14.1 Å². The van der Waals surface area contributed by atoms with Gasteiger partial charge in [0.15, 0.2) is 0 Å². The topological polar surface area (TPSA) is 39.9 Å². The van der Waals surface area contributed by atoms with E-state index in [0.29, 0.717) is 11.4 Å². The molecule has 2 rings (SSSR count). The van der Waals surface area contributed by atoms with Gasteiger partial charge >= 0.3 is 0 Å². The van der Waals surface area contributed by atoms with Crippen LogP contribution in [0.15, 0.2) is 30.9 Å². The van der Waals surface area contributed by atoms with Gasteiger partial charge in [-0.1, -0.05) is 0 Å². The van der Waals surface area contributed by atoms with Crippen molar-refractivity contribution in [3.05, 3.63) is 36.7 Å². The van der Waals surface area contributed by atoms with E-state index in [1.54, 1.807) is 6.07 Å². The van der Waals surface area contributed by atoms with Crippen LogP contribution in [0.2, 0.25) is 0 Å². The second-order valence-corrected chi connectivity index (χ2v) is 2.66. The van der Waals surface area contributed by atoms with Crippen LogP contribution in [0.4, 0.5) is 4.39 Å². The van der Waals surface area contributed by atoms with Gasteiger partial charge in [0, 0.05) is 6.07 Å². The summed E-state index contributed by atoms with van der Waals surface area (Å²) in [5, 5.41) is 3.90. The molecule has 72 valence electrons. The van der Waals surface area contributed by atoms with E-state index in [2.05, 4.69) is 10.1 Å². The molecule has 0 aliphatic heterocycles. The fourth-order valence-electron chi connectivity index (χ4n) is 1.17. The van der Waals surface area contributed by atoms with Crippen LogP contribution in [0, 0.1) is 5.82 Å². The van der Waals surface area contributed by atoms with Gasteiger partial charge in [0.1, 0.15) is 29.9 Å². The van der Waals surface area contributed by atoms with Crippen LogP contribution in [0.3, 0.4) is 0 Å². The van der Waals surface area contributed by atoms with Crippen molar-refractivity contribution in [1.29, 1.82) is 0 Å². The minimum atomic E-state index is -0.337. The predicted molar refractivity (Wildman–Crippen MR) is 47.9 cm³/mol. The van der Waals surface area contributed by atoms with Gasteiger partial charge in [-0.05, 0) is 12.1 Å². The van der Waals surface area contributed by atoms with E-state index in [1.165, 1.54) is 36.6 Å². The first-order chi connectivity index (χ1) is 6.81. The molecule has 0 radical (unpaired) electrons. The van der Waals surface area contributed by atoms with Crippen molar-refractivity contribution < 1.29 is 9.13 Å². The van der Waals surface area contributed by atoms with Gasteiger partial charge in [0.05, 0.1) is 7.11 Å². The lowest BCUT2D eigenvalue weighted by molar-refractivity contribution is 0.410. The first-order valence-electron chi connectivity index (χ1n) is 4.00. The molecule has 0 saturated heterocycles. The maximum atomic E-state index is 13.0. The Morgan fingerprint density at radius 1 is 1.43 bits per heavy atom. The summed E-state index contributed by atoms with van der Waals surface area (Å²) in [6, 6.07) is 4.22. The molecule has 1 heterocycles. The lowest BCUT2D eigenvalue weighted by atomic mass is 10.3. The lowest BCUT2D eigenvalue weighted by Crippen LogP contribution is -1.98. The van der Waals surface area contributed by atoms with E-state index in [9.17, 15) is 4.39 Å². The van der Waals surface area contributed by atoms with Crippen LogP contribution in [0.5, 0.6) is 5.75 Å². The summed E-state index contributed by atoms with van der Waals surface area (Å²) < 4.78 is 19.5. The number of ether oxygens (including phenoxy) is 1. The highest BCUT2D eigenvalue weighted by atomic mass is 19.1. The molecule has 0 aliphatic carbocycles. The zero-order chi connectivity index (χ0) is 9.97. The predicted octanol–water partition coefficient (Wildman–Crippen LogP) is 1.42. The molecule has 5 heteroatoms. The lowest BCUT2D eigenvalue weighted by Gasteiger charge is -2.07. The minimum absolute atomic E-state index is 0.337. The number of methoxy groups -OCH3 is 1. The smallest absolute Gasteiger partial charge is 0.144 e. The monoisotopic (exact) mass is 193 g/mol. The van der Waals surface area contributed by atoms with E-state index in [0.717, 1.165) is 0 Å². The van der Waals surface area contributed by atoms with Gasteiger partial charge in [0.25, 0.3) is 0 Å². The summed E-state index contributed by atoms with van der Waals surface area (Å²) in [5.41, 5.74) is 0.532. The van der Waals surface area contributed by atoms with Crippen LogP contribution < -0.4 is 4.74 Å². The second-order valence-electron chi connectivity index (χ2n) is 2.66. The molecule has 0 fully saturated rings. The van der Waals surface area contributed by atoms with E-state index in [-0.39, 0.29) is 5.82 Å². The van der Waals surface area contributed by atoms with E-state index in [1.807, 2.05) is 0 Å². The molecule has 0 N–H and O–H groups in total. The van der Waals surface area contributed by atoms with Gasteiger partial charge in [-0.15, -0.1) is 0 Å². The Labute approximate surface area is 80.0 Å². The van der Waals surface area contributed by atoms with Crippen molar-refractivity contribution >= 4 is 0 Å². The molecule has 1 aromatic heterocycles. The molecule has 14 heavy (non-hydrogen) atoms. The molecule has 0 saturated carbocycles. The van der Waals surface area contributed by atoms with Crippen molar-refractivity contribution in [2.45, 2.75) is 0 Å². The number of rotatable bonds is 2. The number of hydrogen-bond donors (Lipinski definition) is 0. The summed E-state index contributed by atoms with van der Waals surface area (Å²) >= 11 is 0. The zero-order valence-corrected chi connectivity index (χ0v) is 7.51. The second kappa shape index (κ2) is 3.45. The zero-order valence-electron chi connectivity index (χ0n) is 7.51. The molecule has 4 nitrogen and oxygen atoms in total. The summed E-state index contributed by atoms with van der Waals surface area (Å²) in [6.07, 6.45) is 2.86. The first-order valence-corrected chi connectivity index (χ1v) is 4.00. The molecular weight excluding hydrogens is 185 g/mol. The molecule has 0 spiro atoms. The number of hydrogen-bond acceptors (Lipinski definition) is 3. The SMILES string of the molecule is COc1ccc(F)cc1-n1cncn1. The third-order valence-electron chi connectivity index (χ3n) is 1.81. The van der Waals surface area contributed by atoms with Crippen molar-refractivity contribution in [2.24, 2.45) is 0 Å². The molecular formula is C9H8FN3O. The third-order valence-corrected chi connectivity index (χ3v) is 1.81. The number of aromatic nitrogens is 3. The highest BCUT2D eigenvalue weighted by Gasteiger charge is 2.06. The average Bonchev–Trinajstić information content (AvgIpc) is 2.70. The molecule has 0 amide bonds. The van der Waals surface area contributed by atoms with Gasteiger partial charge < -0.3 is 4.74 Å². The third kappa shape index (κ3) is 1.44. The molecule has 0 unspecified atom stereocenters. The average molecular weight is 193 g/mol. The van der Waals surface area contributed by atoms with Crippen molar-refractivity contribution in [3.8, 4) is 11.4 Å². The van der Waals surface area contributed by atoms with Gasteiger partial charge in [-0.2, -0.15) is 5.10 Å². The quantitative estimate of drug-likeness (QED) is 0.724. The normalized spacial score (nSPS) is 10.1. The standard InChI is InChI=1S/C9H8FN3O/c1-14-9-3-2-7(10)4-8(9)13-6-11-5-12-13/h2-6H,1H3. The molecule has 0 bridgehead atoms. The molecule has 0 atom stereocenters. The summed E-state index contributed by atoms with van der Waals surface area (Å²) in [7, 11) is 1.52. The van der Waals surface area contributed by atoms with Gasteiger partial charge in [0.2, 0.25) is 0 Å². The van der Waals surface area contributed by atoms with Crippen molar-refractivity contribution in [2.75, 3.05) is 7.11 Å². The fourth-order valence-corrected chi connectivity index (χ4v) is 1.17. The Morgan fingerprint density at radius 3 is 2.93 bits per heavy atom. The Kier molecular flexibility index (Phi) is 2.14. The summed E-state index contributed by atoms with van der Waals surface area (Å²) in [5.74, 6) is 0.216. The maximum Gasteiger partial charge on any atom is 0.144 e. The molecule has 1 aromatic carbocycles. The minimum Gasteiger partial charge on any atom is -0.494 e. The Hall–Kier alpha value is -1.91. The van der Waals surface area contributed by atoms with Crippen molar-refractivity contribution in [3.63, 3.8) is 0 Å². The van der Waals surface area contributed by atoms with E-state index < -0.39 is 0 Å². The van der Waals surface area contributed by atoms with Crippen LogP contribution in [0.1, 0.15) is 0 Å². The molecule has 2 aromatic rings. The number of nitrogens with zero attached hydrogens (tertiary/aromatic N) is 3. The highest BCUT2D eigenvalue weighted by Crippen LogP contribution is 2.22. The largest absolute Gasteiger partial charge is 0.494 e. The van der Waals surface area contributed by atoms with Crippen LogP contribution in [0.25, 0.3) is 5.69 Å². The fraction of sp³-hybridized carbons (Fsp3) is 0.111. The summed E-state index contributed by atoms with van der Waals surface area (Å²) in [4.78, 5) is 3.78. The van der Waals surface area contributed by atoms with Crippen LogP contribution in [-0.2, 0) is 0 Å². The van der Waals surface area contributed by atoms with Crippen LogP contribution in [-0.4, -0.2) is 21.9 Å². The summed E-state index contributed by atoms with van der Waals surface area (Å²) in [6.45, 7) is 0. The molecule has 0 aliphatic rings. The van der Waals surface area contributed by atoms with Crippen molar-refractivity contribution in [1.82, 2.24) is 14.8 Å². The first kappa shape index (κ1) is 8.68. The number of benzene rings is 1.